The van der Waals surface area contributed by atoms with E-state index in [4.69, 9.17) is 9.16 Å². The quantitative estimate of drug-likeness (QED) is 0.400. The number of rotatable bonds is 8. The fraction of sp³-hybridized carbons (Fsp3) is 0.400. The number of cyclic esters (lactones) is 1. The van der Waals surface area contributed by atoms with Gasteiger partial charge < -0.3 is 14.3 Å². The first-order valence-corrected chi connectivity index (χ1v) is 12.5. The van der Waals surface area contributed by atoms with Crippen LogP contribution >= 0.6 is 0 Å². The summed E-state index contributed by atoms with van der Waals surface area (Å²) in [5, 5.41) is 12.9. The van der Waals surface area contributed by atoms with E-state index >= 15 is 0 Å². The first kappa shape index (κ1) is 22.5. The molecule has 0 aromatic heterocycles. The van der Waals surface area contributed by atoms with Gasteiger partial charge in [0.25, 0.3) is 8.32 Å². The average Bonchev–Trinajstić information content (AvgIpc) is 3.07. The SMILES string of the molecule is CC1=C[C@H]([C@@H](O)CCCO[Si](c2ccccc2)(c2ccccc2)C(C)(C)C)OC1=O. The van der Waals surface area contributed by atoms with Crippen LogP contribution in [0, 0.1) is 0 Å². The number of hydrogen-bond donors (Lipinski definition) is 1. The van der Waals surface area contributed by atoms with E-state index in [9.17, 15) is 9.90 Å². The predicted molar refractivity (Wildman–Crippen MR) is 122 cm³/mol. The third kappa shape index (κ3) is 4.58. The molecule has 0 bridgehead atoms. The number of carbonyl (C=O) groups excluding carboxylic acids is 1. The number of carbonyl (C=O) groups is 1. The smallest absolute Gasteiger partial charge is 0.334 e. The summed E-state index contributed by atoms with van der Waals surface area (Å²) in [7, 11) is -2.55. The van der Waals surface area contributed by atoms with E-state index in [0.29, 0.717) is 25.0 Å². The molecular weight excluding hydrogens is 392 g/mol. The van der Waals surface area contributed by atoms with Gasteiger partial charge in [-0.15, -0.1) is 0 Å². The van der Waals surface area contributed by atoms with Gasteiger partial charge in [0, 0.05) is 12.2 Å². The first-order chi connectivity index (χ1) is 14.3. The molecule has 1 aliphatic heterocycles. The lowest BCUT2D eigenvalue weighted by Crippen LogP contribution is -2.66. The Balaban J connectivity index is 1.78. The molecule has 0 spiro atoms. The van der Waals surface area contributed by atoms with Gasteiger partial charge in [-0.2, -0.15) is 0 Å². The Morgan fingerprint density at radius 1 is 1.03 bits per heavy atom. The van der Waals surface area contributed by atoms with Crippen LogP contribution < -0.4 is 10.4 Å². The van der Waals surface area contributed by atoms with Gasteiger partial charge >= 0.3 is 5.97 Å². The van der Waals surface area contributed by atoms with Gasteiger partial charge in [0.05, 0.1) is 6.10 Å². The third-order valence-electron chi connectivity index (χ3n) is 5.74. The van der Waals surface area contributed by atoms with Crippen LogP contribution in [-0.2, 0) is 14.0 Å². The van der Waals surface area contributed by atoms with Crippen LogP contribution in [0.25, 0.3) is 0 Å². The zero-order valence-electron chi connectivity index (χ0n) is 18.3. The van der Waals surface area contributed by atoms with Crippen molar-refractivity contribution in [3.05, 3.63) is 72.3 Å². The molecule has 1 N–H and O–H groups in total. The van der Waals surface area contributed by atoms with E-state index < -0.39 is 20.5 Å². The first-order valence-electron chi connectivity index (χ1n) is 10.6. The standard InChI is InChI=1S/C25H32O4Si/c1-19-18-23(29-24(19)27)22(26)16-11-17-28-30(25(2,3)4,20-12-7-5-8-13-20)21-14-9-6-10-15-21/h5-10,12-15,18,22-23,26H,11,16-17H2,1-4H3/t22-,23+/m0/s1. The lowest BCUT2D eigenvalue weighted by atomic mass is 10.1. The van der Waals surface area contributed by atoms with E-state index in [1.165, 1.54) is 10.4 Å². The van der Waals surface area contributed by atoms with Gasteiger partial charge in [0.2, 0.25) is 0 Å². The molecule has 4 nitrogen and oxygen atoms in total. The lowest BCUT2D eigenvalue weighted by Gasteiger charge is -2.43. The van der Waals surface area contributed by atoms with Crippen molar-refractivity contribution >= 4 is 24.7 Å². The van der Waals surface area contributed by atoms with Crippen LogP contribution in [0.15, 0.2) is 72.3 Å². The summed E-state index contributed by atoms with van der Waals surface area (Å²) >= 11 is 0. The van der Waals surface area contributed by atoms with Crippen molar-refractivity contribution < 1.29 is 19.1 Å². The fourth-order valence-electron chi connectivity index (χ4n) is 4.20. The second-order valence-corrected chi connectivity index (χ2v) is 13.2. The number of esters is 1. The number of benzene rings is 2. The van der Waals surface area contributed by atoms with Gasteiger partial charge in [-0.05, 0) is 41.3 Å². The molecule has 0 radical (unpaired) electrons. The predicted octanol–water partition coefficient (Wildman–Crippen LogP) is 3.58. The van der Waals surface area contributed by atoms with Crippen molar-refractivity contribution in [2.24, 2.45) is 0 Å². The van der Waals surface area contributed by atoms with Crippen LogP contribution in [0.5, 0.6) is 0 Å². The highest BCUT2D eigenvalue weighted by atomic mass is 28.4. The van der Waals surface area contributed by atoms with Gasteiger partial charge in [-0.3, -0.25) is 0 Å². The van der Waals surface area contributed by atoms with Crippen molar-refractivity contribution in [3.8, 4) is 0 Å². The maximum absolute atomic E-state index is 11.6. The van der Waals surface area contributed by atoms with Crippen LogP contribution in [0.4, 0.5) is 0 Å². The lowest BCUT2D eigenvalue weighted by molar-refractivity contribution is -0.143. The monoisotopic (exact) mass is 424 g/mol. The molecule has 2 atom stereocenters. The summed E-state index contributed by atoms with van der Waals surface area (Å²) in [4.78, 5) is 11.6. The van der Waals surface area contributed by atoms with Crippen molar-refractivity contribution in [3.63, 3.8) is 0 Å². The molecule has 5 heteroatoms. The van der Waals surface area contributed by atoms with Gasteiger partial charge in [0.15, 0.2) is 0 Å². The molecule has 0 amide bonds. The third-order valence-corrected chi connectivity index (χ3v) is 10.8. The molecule has 3 rings (SSSR count). The number of aliphatic hydroxyl groups excluding tert-OH is 1. The minimum atomic E-state index is -2.55. The largest absolute Gasteiger partial charge is 0.452 e. The number of ether oxygens (including phenoxy) is 1. The summed E-state index contributed by atoms with van der Waals surface area (Å²) in [5.74, 6) is -0.345. The second kappa shape index (κ2) is 9.29. The highest BCUT2D eigenvalue weighted by molar-refractivity contribution is 6.99. The number of aliphatic hydroxyl groups is 1. The van der Waals surface area contributed by atoms with Crippen molar-refractivity contribution in [1.82, 2.24) is 0 Å². The molecule has 0 saturated heterocycles. The summed E-state index contributed by atoms with van der Waals surface area (Å²) in [6, 6.07) is 21.0. The molecule has 2 aromatic carbocycles. The summed E-state index contributed by atoms with van der Waals surface area (Å²) in [5.41, 5.74) is 0.558. The van der Waals surface area contributed by atoms with Crippen LogP contribution in [-0.4, -0.2) is 38.2 Å². The highest BCUT2D eigenvalue weighted by Crippen LogP contribution is 2.36. The van der Waals surface area contributed by atoms with Crippen molar-refractivity contribution in [2.75, 3.05) is 6.61 Å². The molecule has 0 fully saturated rings. The van der Waals surface area contributed by atoms with E-state index in [1.54, 1.807) is 13.0 Å². The molecule has 30 heavy (non-hydrogen) atoms. The second-order valence-electron chi connectivity index (χ2n) is 8.94. The number of hydrogen-bond acceptors (Lipinski definition) is 4. The molecular formula is C25H32O4Si. The molecule has 0 unspecified atom stereocenters. The Labute approximate surface area is 180 Å². The highest BCUT2D eigenvalue weighted by Gasteiger charge is 2.50. The van der Waals surface area contributed by atoms with Gasteiger partial charge in [-0.25, -0.2) is 4.79 Å². The Bertz CT molecular complexity index is 832. The maximum atomic E-state index is 11.6. The molecule has 0 aliphatic carbocycles. The Morgan fingerprint density at radius 3 is 2.00 bits per heavy atom. The molecule has 1 heterocycles. The summed E-state index contributed by atoms with van der Waals surface area (Å²) in [6.45, 7) is 8.99. The van der Waals surface area contributed by atoms with Gasteiger partial charge in [0.1, 0.15) is 6.10 Å². The topological polar surface area (TPSA) is 55.8 Å². The molecule has 0 saturated carbocycles. The summed E-state index contributed by atoms with van der Waals surface area (Å²) < 4.78 is 12.0. The van der Waals surface area contributed by atoms with Crippen molar-refractivity contribution in [1.29, 1.82) is 0 Å². The van der Waals surface area contributed by atoms with E-state index in [1.807, 2.05) is 12.1 Å². The summed E-state index contributed by atoms with van der Waals surface area (Å²) in [6.07, 6.45) is 1.64. The maximum Gasteiger partial charge on any atom is 0.334 e. The van der Waals surface area contributed by atoms with Crippen LogP contribution in [0.3, 0.4) is 0 Å². The Morgan fingerprint density at radius 2 is 1.57 bits per heavy atom. The van der Waals surface area contributed by atoms with Crippen LogP contribution in [0.2, 0.25) is 5.04 Å². The normalized spacial score (nSPS) is 18.1. The van der Waals surface area contributed by atoms with Gasteiger partial charge in [-0.1, -0.05) is 81.4 Å². The van der Waals surface area contributed by atoms with E-state index in [-0.39, 0.29) is 11.0 Å². The van der Waals surface area contributed by atoms with E-state index in [2.05, 4.69) is 69.3 Å². The molecule has 1 aliphatic rings. The van der Waals surface area contributed by atoms with Crippen LogP contribution in [0.1, 0.15) is 40.5 Å². The minimum Gasteiger partial charge on any atom is -0.452 e. The Kier molecular flexibility index (Phi) is 6.96. The zero-order chi connectivity index (χ0) is 21.8. The van der Waals surface area contributed by atoms with E-state index in [0.717, 1.165) is 0 Å². The Hall–Kier alpha value is -2.21. The molecule has 160 valence electrons. The molecule has 2 aromatic rings. The minimum absolute atomic E-state index is 0.0743. The average molecular weight is 425 g/mol. The fourth-order valence-corrected chi connectivity index (χ4v) is 8.80. The van der Waals surface area contributed by atoms with Crippen molar-refractivity contribution in [2.45, 2.75) is 57.8 Å². The zero-order valence-corrected chi connectivity index (χ0v) is 19.3.